The summed E-state index contributed by atoms with van der Waals surface area (Å²) >= 11 is 14.3. The van der Waals surface area contributed by atoms with E-state index in [1.165, 1.54) is 0 Å². The number of benzene rings is 3. The zero-order valence-electron chi connectivity index (χ0n) is 17.7. The number of carboxylic acid groups (broad SMARTS) is 1. The quantitative estimate of drug-likeness (QED) is 0.324. The summed E-state index contributed by atoms with van der Waals surface area (Å²) in [5, 5.41) is 12.5. The number of aliphatic carboxylic acids is 1. The summed E-state index contributed by atoms with van der Waals surface area (Å²) in [4.78, 5) is 24.5. The Labute approximate surface area is 214 Å². The van der Waals surface area contributed by atoms with Crippen LogP contribution in [0.15, 0.2) is 54.6 Å². The largest absolute Gasteiger partial charge is 0.496 e. The van der Waals surface area contributed by atoms with Gasteiger partial charge in [-0.2, -0.15) is 0 Å². The number of rotatable bonds is 8. The summed E-state index contributed by atoms with van der Waals surface area (Å²) < 4.78 is 11.7. The lowest BCUT2D eigenvalue weighted by atomic mass is 9.99. The molecule has 0 saturated heterocycles. The van der Waals surface area contributed by atoms with Crippen molar-refractivity contribution in [3.8, 4) is 22.6 Å². The summed E-state index contributed by atoms with van der Waals surface area (Å²) in [6.07, 6.45) is 0.0734. The van der Waals surface area contributed by atoms with Crippen molar-refractivity contribution in [2.24, 2.45) is 0 Å². The van der Waals surface area contributed by atoms with Crippen LogP contribution in [0.3, 0.4) is 0 Å². The van der Waals surface area contributed by atoms with Crippen molar-refractivity contribution in [2.75, 3.05) is 14.2 Å². The van der Waals surface area contributed by atoms with Crippen molar-refractivity contribution in [2.45, 2.75) is 12.5 Å². The van der Waals surface area contributed by atoms with Crippen molar-refractivity contribution < 1.29 is 24.2 Å². The minimum absolute atomic E-state index is 0.0450. The van der Waals surface area contributed by atoms with Crippen LogP contribution < -0.4 is 14.8 Å². The lowest BCUT2D eigenvalue weighted by Gasteiger charge is -2.17. The van der Waals surface area contributed by atoms with Crippen molar-refractivity contribution >= 4 is 57.7 Å². The first-order chi connectivity index (χ1) is 15.7. The summed E-state index contributed by atoms with van der Waals surface area (Å²) in [6.45, 7) is 0. The number of halogens is 3. The molecule has 6 nitrogen and oxygen atoms in total. The molecule has 0 heterocycles. The first-order valence-corrected chi connectivity index (χ1v) is 11.6. The highest BCUT2D eigenvalue weighted by atomic mass is 127. The normalized spacial score (nSPS) is 11.5. The molecule has 3 aromatic carbocycles. The molecule has 9 heteroatoms. The second-order valence-electron chi connectivity index (χ2n) is 7.05. The minimum atomic E-state index is -1.17. The molecule has 1 amide bonds. The Morgan fingerprint density at radius 3 is 2.03 bits per heavy atom. The van der Waals surface area contributed by atoms with E-state index in [1.807, 2.05) is 52.9 Å². The molecule has 0 fully saturated rings. The van der Waals surface area contributed by atoms with Gasteiger partial charge in [0.1, 0.15) is 17.5 Å². The molecule has 0 saturated carbocycles. The van der Waals surface area contributed by atoms with Crippen LogP contribution in [0, 0.1) is 3.57 Å². The molecule has 33 heavy (non-hydrogen) atoms. The number of methoxy groups -OCH3 is 2. The Kier molecular flexibility index (Phi) is 8.45. The summed E-state index contributed by atoms with van der Waals surface area (Å²) in [6, 6.07) is 14.8. The molecule has 3 rings (SSSR count). The third-order valence-electron chi connectivity index (χ3n) is 4.95. The maximum absolute atomic E-state index is 12.7. The van der Waals surface area contributed by atoms with Crippen molar-refractivity contribution in [3.63, 3.8) is 0 Å². The Balaban J connectivity index is 1.82. The molecule has 0 bridgehead atoms. The zero-order valence-corrected chi connectivity index (χ0v) is 21.4. The van der Waals surface area contributed by atoms with Crippen molar-refractivity contribution in [3.05, 3.63) is 79.3 Å². The fourth-order valence-corrected chi connectivity index (χ4v) is 5.02. The molecule has 0 aliphatic rings. The van der Waals surface area contributed by atoms with Gasteiger partial charge in [-0.05, 0) is 58.0 Å². The highest BCUT2D eigenvalue weighted by molar-refractivity contribution is 14.1. The van der Waals surface area contributed by atoms with Crippen LogP contribution in [0.25, 0.3) is 11.1 Å². The Morgan fingerprint density at radius 1 is 1.00 bits per heavy atom. The maximum atomic E-state index is 12.7. The molecule has 0 aromatic heterocycles. The number of carboxylic acids is 1. The minimum Gasteiger partial charge on any atom is -0.496 e. The van der Waals surface area contributed by atoms with Gasteiger partial charge in [0, 0.05) is 9.99 Å². The molecule has 2 N–H and O–H groups in total. The third kappa shape index (κ3) is 5.90. The summed E-state index contributed by atoms with van der Waals surface area (Å²) in [5.41, 5.74) is 2.41. The lowest BCUT2D eigenvalue weighted by molar-refractivity contribution is -0.139. The Morgan fingerprint density at radius 2 is 1.55 bits per heavy atom. The molecule has 1 atom stereocenters. The van der Waals surface area contributed by atoms with Gasteiger partial charge in [-0.25, -0.2) is 4.79 Å². The van der Waals surface area contributed by atoms with Gasteiger partial charge in [-0.3, -0.25) is 4.79 Å². The van der Waals surface area contributed by atoms with Crippen molar-refractivity contribution in [1.82, 2.24) is 5.32 Å². The third-order valence-corrected chi connectivity index (χ3v) is 6.17. The number of hydrogen-bond acceptors (Lipinski definition) is 4. The van der Waals surface area contributed by atoms with E-state index in [1.54, 1.807) is 38.5 Å². The summed E-state index contributed by atoms with van der Waals surface area (Å²) in [7, 11) is 3.16. The smallest absolute Gasteiger partial charge is 0.326 e. The van der Waals surface area contributed by atoms with E-state index in [0.717, 1.165) is 20.3 Å². The highest BCUT2D eigenvalue weighted by Crippen LogP contribution is 2.38. The molecule has 0 unspecified atom stereocenters. The molecule has 0 spiro atoms. The number of hydrogen-bond donors (Lipinski definition) is 2. The number of carbonyl (C=O) groups excluding carboxylic acids is 1. The van der Waals surface area contributed by atoms with E-state index in [4.69, 9.17) is 32.7 Å². The number of ether oxygens (including phenoxy) is 2. The van der Waals surface area contributed by atoms with E-state index < -0.39 is 17.9 Å². The Bertz CT molecular complexity index is 1140. The average Bonchev–Trinajstić information content (AvgIpc) is 2.77. The molecule has 0 aliphatic heterocycles. The average molecular weight is 600 g/mol. The van der Waals surface area contributed by atoms with Crippen molar-refractivity contribution in [1.29, 1.82) is 0 Å². The van der Waals surface area contributed by atoms with E-state index >= 15 is 0 Å². The fourth-order valence-electron chi connectivity index (χ4n) is 3.37. The SMILES string of the molecule is COc1cccc(OC)c1-c1ccc(C[C@H](NC(=O)c2c(Cl)cc(I)cc2Cl)C(=O)O)cc1. The summed E-state index contributed by atoms with van der Waals surface area (Å²) in [5.74, 6) is -0.506. The van der Waals surface area contributed by atoms with Gasteiger partial charge in [0.15, 0.2) is 0 Å². The van der Waals surface area contributed by atoms with Crippen LogP contribution in [0.4, 0.5) is 0 Å². The van der Waals surface area contributed by atoms with Crippen LogP contribution in [0.5, 0.6) is 11.5 Å². The molecule has 172 valence electrons. The van der Waals surface area contributed by atoms with Gasteiger partial charge in [0.25, 0.3) is 5.91 Å². The van der Waals surface area contributed by atoms with Crippen LogP contribution in [0.2, 0.25) is 10.0 Å². The van der Waals surface area contributed by atoms with Crippen LogP contribution in [-0.2, 0) is 11.2 Å². The van der Waals surface area contributed by atoms with E-state index in [9.17, 15) is 14.7 Å². The van der Waals surface area contributed by atoms with Crippen LogP contribution in [-0.4, -0.2) is 37.2 Å². The van der Waals surface area contributed by atoms with E-state index in [-0.39, 0.29) is 22.0 Å². The monoisotopic (exact) mass is 599 g/mol. The first-order valence-electron chi connectivity index (χ1n) is 9.73. The molecule has 0 radical (unpaired) electrons. The lowest BCUT2D eigenvalue weighted by Crippen LogP contribution is -2.42. The standard InChI is InChI=1S/C24H20Cl2INO5/c1-32-19-4-3-5-20(33-2)21(19)14-8-6-13(7-9-14)10-18(24(30)31)28-23(29)22-16(25)11-15(27)12-17(22)26/h3-9,11-12,18H,10H2,1-2H3,(H,28,29)(H,30,31)/t18-/m0/s1. The first kappa shape index (κ1) is 25.1. The predicted octanol–water partition coefficient (Wildman–Crippen LogP) is 5.71. The fraction of sp³-hybridized carbons (Fsp3) is 0.167. The molecular formula is C24H20Cl2INO5. The predicted molar refractivity (Wildman–Crippen MR) is 137 cm³/mol. The van der Waals surface area contributed by atoms with E-state index in [2.05, 4.69) is 5.32 Å². The van der Waals surface area contributed by atoms with Gasteiger partial charge in [0.2, 0.25) is 0 Å². The van der Waals surface area contributed by atoms with Gasteiger partial charge >= 0.3 is 5.97 Å². The molecule has 3 aromatic rings. The number of carbonyl (C=O) groups is 2. The second kappa shape index (κ2) is 11.1. The Hall–Kier alpha value is -2.49. The number of amides is 1. The van der Waals surface area contributed by atoms with Gasteiger partial charge in [0.05, 0.1) is 35.4 Å². The van der Waals surface area contributed by atoms with Gasteiger partial charge < -0.3 is 19.9 Å². The molecule has 0 aliphatic carbocycles. The van der Waals surface area contributed by atoms with Crippen LogP contribution >= 0.6 is 45.8 Å². The zero-order chi connectivity index (χ0) is 24.1. The second-order valence-corrected chi connectivity index (χ2v) is 9.11. The topological polar surface area (TPSA) is 84.9 Å². The van der Waals surface area contributed by atoms with Crippen LogP contribution in [0.1, 0.15) is 15.9 Å². The number of nitrogens with one attached hydrogen (secondary N) is 1. The van der Waals surface area contributed by atoms with Gasteiger partial charge in [-0.1, -0.05) is 53.5 Å². The highest BCUT2D eigenvalue weighted by Gasteiger charge is 2.24. The molecular weight excluding hydrogens is 580 g/mol. The van der Waals surface area contributed by atoms with Gasteiger partial charge in [-0.15, -0.1) is 0 Å². The maximum Gasteiger partial charge on any atom is 0.326 e. The van der Waals surface area contributed by atoms with E-state index in [0.29, 0.717) is 11.5 Å².